The molecule has 1 saturated carbocycles. The first-order chi connectivity index (χ1) is 15.6. The summed E-state index contributed by atoms with van der Waals surface area (Å²) in [6.07, 6.45) is 1.52. The van der Waals surface area contributed by atoms with Gasteiger partial charge in [-0.25, -0.2) is 8.78 Å². The number of carbonyl (C=O) groups excluding carboxylic acids is 2. The topological polar surface area (TPSA) is 112 Å². The fourth-order valence-corrected chi connectivity index (χ4v) is 4.74. The maximum absolute atomic E-state index is 13.8. The van der Waals surface area contributed by atoms with Crippen molar-refractivity contribution in [2.75, 3.05) is 0 Å². The van der Waals surface area contributed by atoms with Crippen molar-refractivity contribution in [2.45, 2.75) is 52.0 Å². The Bertz CT molecular complexity index is 1180. The van der Waals surface area contributed by atoms with Crippen LogP contribution < -0.4 is 10.7 Å². The number of benzene rings is 1. The number of hydrogen-bond donors (Lipinski definition) is 3. The van der Waals surface area contributed by atoms with Crippen molar-refractivity contribution in [1.29, 1.82) is 0 Å². The third-order valence-corrected chi connectivity index (χ3v) is 6.85. The summed E-state index contributed by atoms with van der Waals surface area (Å²) in [5.41, 5.74) is -1.78. The molecule has 1 fully saturated rings. The maximum atomic E-state index is 13.8. The smallest absolute Gasteiger partial charge is 0.276 e. The lowest BCUT2D eigenvalue weighted by atomic mass is 9.95. The molecule has 3 unspecified atom stereocenters. The van der Waals surface area contributed by atoms with Gasteiger partial charge < -0.3 is 25.0 Å². The van der Waals surface area contributed by atoms with Gasteiger partial charge in [0.05, 0.1) is 6.54 Å². The number of rotatable bonds is 4. The molecular formula is C23H25F2N3O5. The molecule has 2 heterocycles. The van der Waals surface area contributed by atoms with Crippen molar-refractivity contribution >= 4 is 11.8 Å². The minimum Gasteiger partial charge on any atom is -0.503 e. The quantitative estimate of drug-likeness (QED) is 0.645. The molecule has 0 bridgehead atoms. The van der Waals surface area contributed by atoms with Gasteiger partial charge in [-0.05, 0) is 30.7 Å². The van der Waals surface area contributed by atoms with Gasteiger partial charge in [0.25, 0.3) is 11.8 Å². The van der Waals surface area contributed by atoms with E-state index in [4.69, 9.17) is 0 Å². The number of nitrogens with zero attached hydrogens (tertiary/aromatic N) is 2. The van der Waals surface area contributed by atoms with Gasteiger partial charge in [0.2, 0.25) is 5.43 Å². The molecule has 4 rings (SSSR count). The van der Waals surface area contributed by atoms with Gasteiger partial charge in [0, 0.05) is 30.4 Å². The number of carbonyl (C=O) groups is 2. The molecule has 1 aromatic heterocycles. The van der Waals surface area contributed by atoms with Crippen molar-refractivity contribution in [1.82, 2.24) is 14.8 Å². The molecule has 4 atom stereocenters. The van der Waals surface area contributed by atoms with Crippen LogP contribution in [0.3, 0.4) is 0 Å². The fraction of sp³-hybridized carbons (Fsp3) is 0.435. The minimum atomic E-state index is -1.19. The average Bonchev–Trinajstić information content (AvgIpc) is 3.08. The number of halogens is 2. The Kier molecular flexibility index (Phi) is 5.96. The van der Waals surface area contributed by atoms with E-state index in [1.165, 1.54) is 9.47 Å². The number of aliphatic hydroxyl groups excluding tert-OH is 1. The van der Waals surface area contributed by atoms with Gasteiger partial charge >= 0.3 is 0 Å². The van der Waals surface area contributed by atoms with E-state index in [1.807, 2.05) is 6.92 Å². The number of aromatic nitrogens is 1. The lowest BCUT2D eigenvalue weighted by Crippen LogP contribution is -2.54. The van der Waals surface area contributed by atoms with Crippen LogP contribution in [0.15, 0.2) is 29.2 Å². The van der Waals surface area contributed by atoms with Gasteiger partial charge in [-0.2, -0.15) is 0 Å². The Labute approximate surface area is 188 Å². The molecule has 176 valence electrons. The van der Waals surface area contributed by atoms with Gasteiger partial charge in [-0.3, -0.25) is 14.4 Å². The summed E-state index contributed by atoms with van der Waals surface area (Å²) in [6.45, 7) is 3.63. The molecule has 0 radical (unpaired) electrons. The normalized spacial score (nSPS) is 24.6. The highest BCUT2D eigenvalue weighted by molar-refractivity contribution is 5.99. The highest BCUT2D eigenvalue weighted by Gasteiger charge is 2.44. The van der Waals surface area contributed by atoms with Crippen LogP contribution in [-0.2, 0) is 13.1 Å². The summed E-state index contributed by atoms with van der Waals surface area (Å²) in [7, 11) is 0. The van der Waals surface area contributed by atoms with Crippen LogP contribution in [0.25, 0.3) is 0 Å². The molecule has 0 spiro atoms. The number of hydrogen-bond acceptors (Lipinski definition) is 5. The largest absolute Gasteiger partial charge is 0.503 e. The van der Waals surface area contributed by atoms with Crippen LogP contribution in [0.1, 0.15) is 53.1 Å². The Morgan fingerprint density at radius 3 is 2.58 bits per heavy atom. The molecule has 1 aliphatic heterocycles. The second kappa shape index (κ2) is 8.58. The van der Waals surface area contributed by atoms with Crippen molar-refractivity contribution in [3.63, 3.8) is 0 Å². The molecule has 8 nitrogen and oxygen atoms in total. The maximum Gasteiger partial charge on any atom is 0.276 e. The third kappa shape index (κ3) is 3.99. The van der Waals surface area contributed by atoms with Crippen LogP contribution in [0.2, 0.25) is 0 Å². The SMILES string of the molecule is CC1CCC(N2C(=O)c3c(O)c(=O)c(C(=O)NCc4ccc(F)cc4F)cn3CC2O)[C@H]1C. The van der Waals surface area contributed by atoms with Gasteiger partial charge in [-0.15, -0.1) is 0 Å². The van der Waals surface area contributed by atoms with E-state index in [0.717, 1.165) is 24.8 Å². The van der Waals surface area contributed by atoms with Crippen molar-refractivity contribution in [3.8, 4) is 5.75 Å². The molecular weight excluding hydrogens is 436 g/mol. The van der Waals surface area contributed by atoms with Gasteiger partial charge in [0.1, 0.15) is 23.4 Å². The summed E-state index contributed by atoms with van der Waals surface area (Å²) in [4.78, 5) is 39.8. The van der Waals surface area contributed by atoms with Crippen molar-refractivity contribution in [2.24, 2.45) is 11.8 Å². The zero-order chi connectivity index (χ0) is 24.0. The van der Waals surface area contributed by atoms with E-state index >= 15 is 0 Å². The lowest BCUT2D eigenvalue weighted by molar-refractivity contribution is -0.0388. The number of amides is 2. The van der Waals surface area contributed by atoms with E-state index in [0.29, 0.717) is 18.4 Å². The summed E-state index contributed by atoms with van der Waals surface area (Å²) < 4.78 is 28.0. The number of aromatic hydroxyl groups is 1. The van der Waals surface area contributed by atoms with E-state index in [-0.39, 0.29) is 36.3 Å². The third-order valence-electron chi connectivity index (χ3n) is 6.85. The van der Waals surface area contributed by atoms with E-state index in [1.54, 1.807) is 0 Å². The Morgan fingerprint density at radius 2 is 1.94 bits per heavy atom. The molecule has 10 heteroatoms. The van der Waals surface area contributed by atoms with Crippen LogP contribution in [0.5, 0.6) is 5.75 Å². The summed E-state index contributed by atoms with van der Waals surface area (Å²) in [5.74, 6) is -3.57. The second-order valence-electron chi connectivity index (χ2n) is 8.81. The predicted molar refractivity (Wildman–Crippen MR) is 113 cm³/mol. The summed E-state index contributed by atoms with van der Waals surface area (Å²) in [6, 6.07) is 2.65. The Hall–Kier alpha value is -3.27. The second-order valence-corrected chi connectivity index (χ2v) is 8.81. The van der Waals surface area contributed by atoms with Crippen LogP contribution in [0.4, 0.5) is 8.78 Å². The molecule has 2 aromatic rings. The molecule has 2 aliphatic rings. The first-order valence-corrected chi connectivity index (χ1v) is 10.8. The highest BCUT2D eigenvalue weighted by atomic mass is 19.1. The fourth-order valence-electron chi connectivity index (χ4n) is 4.74. The van der Waals surface area contributed by atoms with Gasteiger partial charge in [0.15, 0.2) is 11.4 Å². The Morgan fingerprint density at radius 1 is 1.21 bits per heavy atom. The number of nitrogens with one attached hydrogen (secondary N) is 1. The van der Waals surface area contributed by atoms with Crippen LogP contribution >= 0.6 is 0 Å². The number of fused-ring (bicyclic) bond motifs is 1. The zero-order valence-corrected chi connectivity index (χ0v) is 18.2. The predicted octanol–water partition coefficient (Wildman–Crippen LogP) is 1.97. The highest BCUT2D eigenvalue weighted by Crippen LogP contribution is 2.38. The molecule has 2 amide bonds. The Balaban J connectivity index is 1.61. The van der Waals surface area contributed by atoms with E-state index in [9.17, 15) is 33.4 Å². The van der Waals surface area contributed by atoms with Crippen molar-refractivity contribution in [3.05, 3.63) is 63.1 Å². The first kappa shape index (κ1) is 22.9. The standard InChI is InChI=1S/C23H25F2N3O5/c1-11-3-6-17(12(11)2)28-18(29)10-27-9-15(20(30)21(31)19(27)23(28)33)22(32)26-8-13-4-5-14(24)7-16(13)25/h4-5,7,9,11-12,17-18,29,31H,3,6,8,10H2,1-2H3,(H,26,32)/t11?,12-,17?,18?/m0/s1. The molecule has 3 N–H and O–H groups in total. The summed E-state index contributed by atoms with van der Waals surface area (Å²) in [5, 5.41) is 23.6. The van der Waals surface area contributed by atoms with Crippen molar-refractivity contribution < 1.29 is 28.6 Å². The van der Waals surface area contributed by atoms with Crippen LogP contribution in [0, 0.1) is 23.5 Å². The molecule has 1 aliphatic carbocycles. The molecule has 33 heavy (non-hydrogen) atoms. The van der Waals surface area contributed by atoms with Gasteiger partial charge in [-0.1, -0.05) is 19.9 Å². The summed E-state index contributed by atoms with van der Waals surface area (Å²) >= 11 is 0. The minimum absolute atomic E-state index is 0.00758. The zero-order valence-electron chi connectivity index (χ0n) is 18.2. The average molecular weight is 461 g/mol. The monoisotopic (exact) mass is 461 g/mol. The first-order valence-electron chi connectivity index (χ1n) is 10.8. The van der Waals surface area contributed by atoms with E-state index < -0.39 is 46.4 Å². The lowest BCUT2D eigenvalue weighted by Gasteiger charge is -2.40. The molecule has 1 aromatic carbocycles. The van der Waals surface area contributed by atoms with Crippen LogP contribution in [-0.4, -0.2) is 43.8 Å². The molecule has 0 saturated heterocycles. The number of aliphatic hydroxyl groups is 1. The van der Waals surface area contributed by atoms with E-state index in [2.05, 4.69) is 12.2 Å². The number of pyridine rings is 1.